The number of allylic oxidation sites excluding steroid dienone is 1. The smallest absolute Gasteiger partial charge is 0.263 e. The van der Waals surface area contributed by atoms with Gasteiger partial charge in [0.1, 0.15) is 0 Å². The van der Waals surface area contributed by atoms with Gasteiger partial charge in [-0.15, -0.1) is 16.8 Å². The molecule has 0 fully saturated rings. The van der Waals surface area contributed by atoms with Crippen LogP contribution in [0.1, 0.15) is 5.69 Å². The Kier molecular flexibility index (Phi) is 4.63. The standard InChI is InChI=1S/C23H16N6O2S2/c1-2-11-27-20(31)15-7-3-4-8-16(15)29-21(27)25-26-23(29)32-13-14-12-19(30)28-17-9-5-6-10-18(17)33-22(28)24-14/h2-10,12H,1,11,13H2. The van der Waals surface area contributed by atoms with Gasteiger partial charge in [-0.25, -0.2) is 4.98 Å². The number of thioether (sulfide) groups is 1. The van der Waals surface area contributed by atoms with Crippen LogP contribution in [-0.2, 0) is 12.3 Å². The van der Waals surface area contributed by atoms with E-state index in [1.807, 2.05) is 46.9 Å². The summed E-state index contributed by atoms with van der Waals surface area (Å²) < 4.78 is 6.08. The van der Waals surface area contributed by atoms with E-state index < -0.39 is 0 Å². The lowest BCUT2D eigenvalue weighted by atomic mass is 10.2. The molecule has 0 bridgehead atoms. The second-order valence-corrected chi connectivity index (χ2v) is 9.35. The third-order valence-electron chi connectivity index (χ3n) is 5.39. The average Bonchev–Trinajstić information content (AvgIpc) is 3.42. The summed E-state index contributed by atoms with van der Waals surface area (Å²) in [7, 11) is 0. The number of aromatic nitrogens is 6. The van der Waals surface area contributed by atoms with E-state index in [9.17, 15) is 9.59 Å². The number of hydrogen-bond donors (Lipinski definition) is 0. The summed E-state index contributed by atoms with van der Waals surface area (Å²) in [5.41, 5.74) is 2.02. The highest BCUT2D eigenvalue weighted by Gasteiger charge is 2.17. The van der Waals surface area contributed by atoms with Gasteiger partial charge in [-0.05, 0) is 24.3 Å². The van der Waals surface area contributed by atoms with Crippen LogP contribution in [0.4, 0.5) is 0 Å². The van der Waals surface area contributed by atoms with Crippen LogP contribution in [0.15, 0.2) is 82.0 Å². The first-order chi connectivity index (χ1) is 16.2. The van der Waals surface area contributed by atoms with Crippen LogP contribution in [0.3, 0.4) is 0 Å². The first-order valence-corrected chi connectivity index (χ1v) is 12.0. The molecule has 0 spiro atoms. The number of benzene rings is 2. The number of rotatable bonds is 5. The molecule has 8 nitrogen and oxygen atoms in total. The molecule has 33 heavy (non-hydrogen) atoms. The fraction of sp³-hybridized carbons (Fsp3) is 0.0870. The molecule has 0 aliphatic heterocycles. The molecule has 0 atom stereocenters. The van der Waals surface area contributed by atoms with Crippen LogP contribution in [0.2, 0.25) is 0 Å². The molecule has 162 valence electrons. The summed E-state index contributed by atoms with van der Waals surface area (Å²) >= 11 is 2.91. The van der Waals surface area contributed by atoms with Gasteiger partial charge in [0, 0.05) is 18.4 Å². The number of para-hydroxylation sites is 2. The molecule has 4 aromatic heterocycles. The Labute approximate surface area is 194 Å². The Hall–Kier alpha value is -3.76. The van der Waals surface area contributed by atoms with Crippen molar-refractivity contribution in [2.45, 2.75) is 17.5 Å². The van der Waals surface area contributed by atoms with Gasteiger partial charge in [0.05, 0.1) is 26.8 Å². The Balaban J connectivity index is 1.45. The Morgan fingerprint density at radius 2 is 1.79 bits per heavy atom. The lowest BCUT2D eigenvalue weighted by Crippen LogP contribution is -2.22. The molecule has 6 rings (SSSR count). The minimum Gasteiger partial charge on any atom is -0.272 e. The van der Waals surface area contributed by atoms with Gasteiger partial charge in [0.2, 0.25) is 5.78 Å². The molecule has 6 aromatic rings. The summed E-state index contributed by atoms with van der Waals surface area (Å²) in [4.78, 5) is 31.1. The van der Waals surface area contributed by atoms with Crippen LogP contribution in [0, 0.1) is 0 Å². The summed E-state index contributed by atoms with van der Waals surface area (Å²) in [6, 6.07) is 16.7. The topological polar surface area (TPSA) is 86.6 Å². The van der Waals surface area contributed by atoms with Crippen LogP contribution in [0.5, 0.6) is 0 Å². The van der Waals surface area contributed by atoms with Crippen LogP contribution < -0.4 is 11.1 Å². The van der Waals surface area contributed by atoms with E-state index in [0.29, 0.717) is 39.3 Å². The van der Waals surface area contributed by atoms with Crippen molar-refractivity contribution < 1.29 is 0 Å². The molecular weight excluding hydrogens is 456 g/mol. The van der Waals surface area contributed by atoms with Gasteiger partial charge in [-0.3, -0.25) is 23.0 Å². The van der Waals surface area contributed by atoms with Gasteiger partial charge >= 0.3 is 0 Å². The average molecular weight is 473 g/mol. The van der Waals surface area contributed by atoms with E-state index in [1.165, 1.54) is 23.1 Å². The minimum atomic E-state index is -0.133. The zero-order valence-corrected chi connectivity index (χ0v) is 18.8. The fourth-order valence-electron chi connectivity index (χ4n) is 3.96. The molecule has 0 saturated heterocycles. The normalized spacial score (nSPS) is 11.8. The van der Waals surface area contributed by atoms with E-state index in [-0.39, 0.29) is 11.1 Å². The van der Waals surface area contributed by atoms with Crippen molar-refractivity contribution in [3.8, 4) is 0 Å². The molecular formula is C23H16N6O2S2. The fourth-order valence-corrected chi connectivity index (χ4v) is 5.84. The molecule has 0 amide bonds. The van der Waals surface area contributed by atoms with Gasteiger partial charge in [0.15, 0.2) is 10.1 Å². The Morgan fingerprint density at radius 1 is 1.00 bits per heavy atom. The summed E-state index contributed by atoms with van der Waals surface area (Å²) in [5.74, 6) is 0.893. The van der Waals surface area contributed by atoms with Gasteiger partial charge in [-0.2, -0.15) is 0 Å². The van der Waals surface area contributed by atoms with Gasteiger partial charge in [-0.1, -0.05) is 53.4 Å². The van der Waals surface area contributed by atoms with E-state index in [1.54, 1.807) is 27.2 Å². The van der Waals surface area contributed by atoms with E-state index >= 15 is 0 Å². The molecule has 0 aliphatic carbocycles. The molecule has 0 saturated carbocycles. The highest BCUT2D eigenvalue weighted by Crippen LogP contribution is 2.26. The van der Waals surface area contributed by atoms with Crippen molar-refractivity contribution >= 4 is 55.0 Å². The first kappa shape index (κ1) is 19.9. The molecule has 4 heterocycles. The maximum Gasteiger partial charge on any atom is 0.263 e. The van der Waals surface area contributed by atoms with Crippen molar-refractivity contribution in [3.63, 3.8) is 0 Å². The van der Waals surface area contributed by atoms with Crippen LogP contribution >= 0.6 is 23.1 Å². The number of fused-ring (bicyclic) bond motifs is 6. The van der Waals surface area contributed by atoms with Crippen molar-refractivity contribution in [1.82, 2.24) is 28.5 Å². The lowest BCUT2D eigenvalue weighted by Gasteiger charge is -2.09. The monoisotopic (exact) mass is 472 g/mol. The second kappa shape index (κ2) is 7.68. The zero-order valence-electron chi connectivity index (χ0n) is 17.2. The third-order valence-corrected chi connectivity index (χ3v) is 7.37. The maximum absolute atomic E-state index is 12.9. The Bertz CT molecular complexity index is 1830. The predicted octanol–water partition coefficient (Wildman–Crippen LogP) is 3.75. The molecule has 10 heteroatoms. The van der Waals surface area contributed by atoms with Gasteiger partial charge < -0.3 is 0 Å². The zero-order chi connectivity index (χ0) is 22.5. The maximum atomic E-state index is 12.9. The SMILES string of the molecule is C=CCn1c(=O)c2ccccc2n2c(SCc3cc(=O)n4c(n3)sc3ccccc34)nnc12. The molecule has 0 aliphatic rings. The summed E-state index contributed by atoms with van der Waals surface area (Å²) in [6.07, 6.45) is 1.66. The van der Waals surface area contributed by atoms with Crippen LogP contribution in [0.25, 0.3) is 31.9 Å². The van der Waals surface area contributed by atoms with Crippen molar-refractivity contribution in [2.24, 2.45) is 0 Å². The number of nitrogens with zero attached hydrogens (tertiary/aromatic N) is 6. The molecule has 0 unspecified atom stereocenters. The predicted molar refractivity (Wildman–Crippen MR) is 131 cm³/mol. The van der Waals surface area contributed by atoms with Crippen molar-refractivity contribution in [3.05, 3.63) is 93.7 Å². The molecule has 0 N–H and O–H groups in total. The van der Waals surface area contributed by atoms with E-state index in [4.69, 9.17) is 4.98 Å². The first-order valence-electron chi connectivity index (χ1n) is 10.2. The molecule has 0 radical (unpaired) electrons. The second-order valence-electron chi connectivity index (χ2n) is 7.40. The van der Waals surface area contributed by atoms with Gasteiger partial charge in [0.25, 0.3) is 11.1 Å². The van der Waals surface area contributed by atoms with E-state index in [0.717, 1.165) is 15.7 Å². The van der Waals surface area contributed by atoms with Crippen molar-refractivity contribution in [2.75, 3.05) is 0 Å². The minimum absolute atomic E-state index is 0.107. The lowest BCUT2D eigenvalue weighted by molar-refractivity contribution is 0.783. The number of thiazole rings is 1. The quantitative estimate of drug-likeness (QED) is 0.281. The van der Waals surface area contributed by atoms with Crippen molar-refractivity contribution in [1.29, 1.82) is 0 Å². The third kappa shape index (κ3) is 3.10. The van der Waals surface area contributed by atoms with E-state index in [2.05, 4.69) is 16.8 Å². The Morgan fingerprint density at radius 3 is 2.64 bits per heavy atom. The highest BCUT2D eigenvalue weighted by atomic mass is 32.2. The molecule has 2 aromatic carbocycles. The van der Waals surface area contributed by atoms with Crippen LogP contribution in [-0.4, -0.2) is 28.5 Å². The summed E-state index contributed by atoms with van der Waals surface area (Å²) in [6.45, 7) is 4.08. The number of hydrogen-bond acceptors (Lipinski definition) is 7. The largest absolute Gasteiger partial charge is 0.272 e. The highest BCUT2D eigenvalue weighted by molar-refractivity contribution is 7.98. The summed E-state index contributed by atoms with van der Waals surface area (Å²) in [5, 5.41) is 9.82.